The number of hydrogen-bond acceptors (Lipinski definition) is 6. The van der Waals surface area contributed by atoms with Crippen LogP contribution in [0.5, 0.6) is 0 Å². The number of benzene rings is 1. The lowest BCUT2D eigenvalue weighted by atomic mass is 10.2. The van der Waals surface area contributed by atoms with Crippen molar-refractivity contribution in [3.05, 3.63) is 33.4 Å². The van der Waals surface area contributed by atoms with Crippen LogP contribution >= 0.6 is 46.6 Å². The predicted molar refractivity (Wildman–Crippen MR) is 101 cm³/mol. The minimum Gasteiger partial charge on any atom is -0.316 e. The summed E-state index contributed by atoms with van der Waals surface area (Å²) in [4.78, 5) is 9.69. The minimum absolute atomic E-state index is 0.926. The molecule has 0 fully saturated rings. The molecule has 0 bridgehead atoms. The maximum absolute atomic E-state index is 4.60. The van der Waals surface area contributed by atoms with Crippen LogP contribution in [0.4, 0.5) is 0 Å². The average molecular weight is 351 g/mol. The number of thioether (sulfide) groups is 3. The predicted octanol–water partition coefficient (Wildman–Crippen LogP) is 5.03. The summed E-state index contributed by atoms with van der Waals surface area (Å²) in [6.07, 6.45) is 4.29. The lowest BCUT2D eigenvalue weighted by Crippen LogP contribution is -2.19. The summed E-state index contributed by atoms with van der Waals surface area (Å²) in [6.45, 7) is 1.95. The van der Waals surface area contributed by atoms with Gasteiger partial charge in [-0.15, -0.1) is 34.9 Å². The van der Waals surface area contributed by atoms with Crippen molar-refractivity contribution < 1.29 is 0 Å². The average Bonchev–Trinajstić information content (AvgIpc) is 3.18. The van der Waals surface area contributed by atoms with Crippen LogP contribution in [0, 0.1) is 0 Å². The van der Waals surface area contributed by atoms with Crippen molar-refractivity contribution >= 4 is 67.6 Å². The number of rotatable bonds is 3. The van der Waals surface area contributed by atoms with Gasteiger partial charge in [-0.3, -0.25) is 4.99 Å². The number of amidine groups is 1. The molecule has 0 aliphatic carbocycles. The van der Waals surface area contributed by atoms with E-state index in [1.165, 1.54) is 35.0 Å². The molecule has 1 aromatic carbocycles. The first-order chi connectivity index (χ1) is 10.3. The molecule has 0 saturated carbocycles. The largest absolute Gasteiger partial charge is 0.316 e. The zero-order valence-electron chi connectivity index (χ0n) is 11.8. The van der Waals surface area contributed by atoms with Crippen LogP contribution in [0.2, 0.25) is 0 Å². The summed E-state index contributed by atoms with van der Waals surface area (Å²) in [6, 6.07) is 9.08. The molecule has 0 saturated heterocycles. The van der Waals surface area contributed by atoms with Crippen LogP contribution in [-0.2, 0) is 0 Å². The van der Waals surface area contributed by atoms with Gasteiger partial charge in [-0.05, 0) is 47.9 Å². The second-order valence-electron chi connectivity index (χ2n) is 4.77. The Morgan fingerprint density at radius 2 is 2.10 bits per heavy atom. The number of hydrogen-bond donors (Lipinski definition) is 0. The van der Waals surface area contributed by atoms with E-state index in [-0.39, 0.29) is 0 Å². The fourth-order valence-corrected chi connectivity index (χ4v) is 6.30. The van der Waals surface area contributed by atoms with E-state index in [0.717, 1.165) is 13.1 Å². The standard InChI is InChI=1S/C15H14N2S4/c1-18-10-4-3-9-7-12(20-11(9)8-10)13-14(19-2)21-15-16-5-6-17(13)15/h3-4,7-8H,5-6H2,1-2H3. The van der Waals surface area contributed by atoms with Gasteiger partial charge in [0.05, 0.1) is 21.4 Å². The first-order valence-corrected chi connectivity index (χ1v) is 10.7. The Morgan fingerprint density at radius 1 is 1.19 bits per heavy atom. The summed E-state index contributed by atoms with van der Waals surface area (Å²) in [5.41, 5.74) is 1.37. The molecule has 2 aliphatic rings. The van der Waals surface area contributed by atoms with Crippen LogP contribution in [-0.4, -0.2) is 35.7 Å². The fraction of sp³-hybridized carbons (Fsp3) is 0.267. The first kappa shape index (κ1) is 14.1. The molecular formula is C15H14N2S4. The van der Waals surface area contributed by atoms with E-state index in [4.69, 9.17) is 0 Å². The first-order valence-electron chi connectivity index (χ1n) is 6.66. The van der Waals surface area contributed by atoms with Crippen molar-refractivity contribution in [1.82, 2.24) is 4.90 Å². The van der Waals surface area contributed by atoms with Crippen LogP contribution in [0.3, 0.4) is 0 Å². The minimum atomic E-state index is 0.926. The Labute approximate surface area is 141 Å². The van der Waals surface area contributed by atoms with E-state index < -0.39 is 0 Å². The van der Waals surface area contributed by atoms with Crippen molar-refractivity contribution in [3.8, 4) is 0 Å². The Kier molecular flexibility index (Phi) is 3.73. The van der Waals surface area contributed by atoms with E-state index in [2.05, 4.69) is 46.7 Å². The normalized spacial score (nSPS) is 17.8. The monoisotopic (exact) mass is 350 g/mol. The van der Waals surface area contributed by atoms with E-state index in [9.17, 15) is 0 Å². The molecule has 2 aliphatic heterocycles. The highest BCUT2D eigenvalue weighted by molar-refractivity contribution is 8.30. The molecule has 0 N–H and O–H groups in total. The van der Waals surface area contributed by atoms with Crippen molar-refractivity contribution in [2.45, 2.75) is 4.90 Å². The molecule has 6 heteroatoms. The van der Waals surface area contributed by atoms with E-state index >= 15 is 0 Å². The van der Waals surface area contributed by atoms with Gasteiger partial charge < -0.3 is 4.90 Å². The van der Waals surface area contributed by atoms with Gasteiger partial charge in [-0.25, -0.2) is 0 Å². The molecule has 0 spiro atoms. The summed E-state index contributed by atoms with van der Waals surface area (Å²) in [5, 5.41) is 2.52. The number of thiophene rings is 1. The van der Waals surface area contributed by atoms with Crippen LogP contribution in [0.1, 0.15) is 4.88 Å². The number of fused-ring (bicyclic) bond motifs is 2. The summed E-state index contributed by atoms with van der Waals surface area (Å²) in [7, 11) is 0. The summed E-state index contributed by atoms with van der Waals surface area (Å²) >= 11 is 7.36. The third-order valence-electron chi connectivity index (χ3n) is 3.59. The zero-order chi connectivity index (χ0) is 14.4. The molecule has 2 aromatic rings. The fourth-order valence-electron chi connectivity index (χ4n) is 2.59. The van der Waals surface area contributed by atoms with Gasteiger partial charge in [-0.2, -0.15) is 0 Å². The molecule has 0 amide bonds. The van der Waals surface area contributed by atoms with E-state index in [1.807, 2.05) is 34.9 Å². The van der Waals surface area contributed by atoms with Gasteiger partial charge in [0.15, 0.2) is 5.17 Å². The smallest absolute Gasteiger partial charge is 0.169 e. The lowest BCUT2D eigenvalue weighted by Gasteiger charge is -2.15. The molecule has 2 nitrogen and oxygen atoms in total. The highest BCUT2D eigenvalue weighted by atomic mass is 32.2. The molecule has 21 heavy (non-hydrogen) atoms. The highest BCUT2D eigenvalue weighted by Crippen LogP contribution is 2.48. The van der Waals surface area contributed by atoms with Crippen LogP contribution in [0.15, 0.2) is 38.4 Å². The quantitative estimate of drug-likeness (QED) is 0.721. The molecule has 1 aromatic heterocycles. The van der Waals surface area contributed by atoms with Gasteiger partial charge in [0.2, 0.25) is 0 Å². The maximum atomic E-state index is 4.60. The third-order valence-corrected chi connectivity index (χ3v) is 7.65. The van der Waals surface area contributed by atoms with Gasteiger partial charge in [0, 0.05) is 16.1 Å². The Morgan fingerprint density at radius 3 is 2.90 bits per heavy atom. The van der Waals surface area contributed by atoms with Crippen molar-refractivity contribution in [2.75, 3.05) is 25.6 Å². The molecule has 108 valence electrons. The topological polar surface area (TPSA) is 15.6 Å². The van der Waals surface area contributed by atoms with E-state index in [0.29, 0.717) is 0 Å². The van der Waals surface area contributed by atoms with Gasteiger partial charge >= 0.3 is 0 Å². The zero-order valence-corrected chi connectivity index (χ0v) is 15.0. The Bertz CT molecular complexity index is 775. The number of nitrogens with zero attached hydrogens (tertiary/aromatic N) is 2. The van der Waals surface area contributed by atoms with Crippen molar-refractivity contribution in [1.29, 1.82) is 0 Å². The molecule has 4 rings (SSSR count). The number of aliphatic imine (C=N–C) groups is 1. The molecule has 0 radical (unpaired) electrons. The van der Waals surface area contributed by atoms with Crippen molar-refractivity contribution in [3.63, 3.8) is 0 Å². The summed E-state index contributed by atoms with van der Waals surface area (Å²) < 4.78 is 2.75. The lowest BCUT2D eigenvalue weighted by molar-refractivity contribution is 0.651. The third kappa shape index (κ3) is 2.32. The SMILES string of the molecule is CSC1=C(c2cc3ccc(SC)cc3s2)N2CCN=C2S1. The second-order valence-corrected chi connectivity index (χ2v) is 8.79. The highest BCUT2D eigenvalue weighted by Gasteiger charge is 2.33. The molecule has 3 heterocycles. The second kappa shape index (κ2) is 5.57. The van der Waals surface area contributed by atoms with Gasteiger partial charge in [0.25, 0.3) is 0 Å². The molecule has 0 unspecified atom stereocenters. The van der Waals surface area contributed by atoms with E-state index in [1.54, 1.807) is 11.8 Å². The Hall–Kier alpha value is -0.560. The van der Waals surface area contributed by atoms with Gasteiger partial charge in [0.1, 0.15) is 0 Å². The maximum Gasteiger partial charge on any atom is 0.169 e. The van der Waals surface area contributed by atoms with Crippen LogP contribution < -0.4 is 0 Å². The molecular weight excluding hydrogens is 336 g/mol. The molecule has 0 atom stereocenters. The van der Waals surface area contributed by atoms with Gasteiger partial charge in [-0.1, -0.05) is 6.07 Å². The Balaban J connectivity index is 1.83. The van der Waals surface area contributed by atoms with Crippen LogP contribution in [0.25, 0.3) is 15.8 Å². The summed E-state index contributed by atoms with van der Waals surface area (Å²) in [5.74, 6) is 0. The van der Waals surface area contributed by atoms with Crippen molar-refractivity contribution in [2.24, 2.45) is 4.99 Å².